The highest BCUT2D eigenvalue weighted by Gasteiger charge is 2.27. The molecule has 0 aliphatic heterocycles. The molecule has 0 unspecified atom stereocenters. The number of nitrogens with zero attached hydrogens (tertiary/aromatic N) is 2. The average molecular weight is 396 g/mol. The SMILES string of the molecule is COC(=O)c1c[nH]c(COc2c(C3CCC3)ccc(-c3cnc(N)cn3)c2F)c1. The van der Waals surface area contributed by atoms with Gasteiger partial charge in [0.2, 0.25) is 0 Å². The highest BCUT2D eigenvalue weighted by atomic mass is 19.1. The quantitative estimate of drug-likeness (QED) is 0.614. The van der Waals surface area contributed by atoms with Crippen LogP contribution in [-0.2, 0) is 11.3 Å². The van der Waals surface area contributed by atoms with Crippen LogP contribution >= 0.6 is 0 Å². The number of aromatic amines is 1. The van der Waals surface area contributed by atoms with E-state index in [0.717, 1.165) is 24.8 Å². The summed E-state index contributed by atoms with van der Waals surface area (Å²) in [6.45, 7) is 0.0878. The van der Waals surface area contributed by atoms with Gasteiger partial charge in [-0.25, -0.2) is 14.2 Å². The molecular weight excluding hydrogens is 375 g/mol. The monoisotopic (exact) mass is 396 g/mol. The lowest BCUT2D eigenvalue weighted by Gasteiger charge is -2.28. The van der Waals surface area contributed by atoms with Gasteiger partial charge in [-0.2, -0.15) is 0 Å². The number of hydrogen-bond acceptors (Lipinski definition) is 6. The largest absolute Gasteiger partial charge is 0.484 e. The summed E-state index contributed by atoms with van der Waals surface area (Å²) >= 11 is 0. The van der Waals surface area contributed by atoms with Crippen molar-refractivity contribution in [1.29, 1.82) is 0 Å². The minimum Gasteiger partial charge on any atom is -0.484 e. The smallest absolute Gasteiger partial charge is 0.339 e. The van der Waals surface area contributed by atoms with Crippen molar-refractivity contribution in [2.45, 2.75) is 31.8 Å². The molecule has 7 nitrogen and oxygen atoms in total. The van der Waals surface area contributed by atoms with Crippen molar-refractivity contribution in [2.24, 2.45) is 0 Å². The average Bonchev–Trinajstić information content (AvgIpc) is 3.16. The van der Waals surface area contributed by atoms with Crippen molar-refractivity contribution in [3.05, 3.63) is 59.4 Å². The van der Waals surface area contributed by atoms with Crippen LogP contribution in [0.5, 0.6) is 5.75 Å². The normalized spacial score (nSPS) is 13.7. The van der Waals surface area contributed by atoms with Crippen LogP contribution in [0.2, 0.25) is 0 Å². The number of H-pyrrole nitrogens is 1. The van der Waals surface area contributed by atoms with Crippen molar-refractivity contribution >= 4 is 11.8 Å². The molecule has 8 heteroatoms. The predicted molar refractivity (Wildman–Crippen MR) is 105 cm³/mol. The topological polar surface area (TPSA) is 103 Å². The van der Waals surface area contributed by atoms with Crippen molar-refractivity contribution in [2.75, 3.05) is 12.8 Å². The zero-order valence-electron chi connectivity index (χ0n) is 15.9. The van der Waals surface area contributed by atoms with E-state index in [9.17, 15) is 4.79 Å². The number of nitrogen functional groups attached to an aromatic ring is 1. The number of esters is 1. The molecule has 0 amide bonds. The number of nitrogens with two attached hydrogens (primary N) is 1. The third-order valence-corrected chi connectivity index (χ3v) is 5.16. The van der Waals surface area contributed by atoms with E-state index in [1.54, 1.807) is 12.1 Å². The molecule has 1 aliphatic carbocycles. The van der Waals surface area contributed by atoms with Gasteiger partial charge in [0, 0.05) is 17.3 Å². The minimum absolute atomic E-state index is 0.0878. The summed E-state index contributed by atoms with van der Waals surface area (Å²) in [4.78, 5) is 22.7. The fraction of sp³-hybridized carbons (Fsp3) is 0.286. The third-order valence-electron chi connectivity index (χ3n) is 5.16. The summed E-state index contributed by atoms with van der Waals surface area (Å²) in [5.74, 6) is -0.170. The number of carbonyl (C=O) groups excluding carboxylic acids is 1. The number of carbonyl (C=O) groups is 1. The van der Waals surface area contributed by atoms with Crippen LogP contribution in [0, 0.1) is 5.82 Å². The Kier molecular flexibility index (Phi) is 5.16. The summed E-state index contributed by atoms with van der Waals surface area (Å²) in [6, 6.07) is 5.23. The van der Waals surface area contributed by atoms with Crippen LogP contribution in [0.1, 0.15) is 46.8 Å². The number of anilines is 1. The lowest BCUT2D eigenvalue weighted by Crippen LogP contribution is -2.12. The van der Waals surface area contributed by atoms with Gasteiger partial charge in [-0.3, -0.25) is 4.98 Å². The van der Waals surface area contributed by atoms with Crippen LogP contribution in [-0.4, -0.2) is 28.0 Å². The van der Waals surface area contributed by atoms with Gasteiger partial charge in [0.05, 0.1) is 36.5 Å². The summed E-state index contributed by atoms with van der Waals surface area (Å²) in [5.41, 5.74) is 8.14. The lowest BCUT2D eigenvalue weighted by molar-refractivity contribution is 0.0601. The van der Waals surface area contributed by atoms with Gasteiger partial charge in [-0.05, 0) is 30.9 Å². The molecule has 3 aromatic rings. The Morgan fingerprint density at radius 3 is 2.79 bits per heavy atom. The molecule has 1 saturated carbocycles. The first kappa shape index (κ1) is 18.9. The Morgan fingerprint density at radius 2 is 2.14 bits per heavy atom. The van der Waals surface area contributed by atoms with Gasteiger partial charge >= 0.3 is 5.97 Å². The van der Waals surface area contributed by atoms with Gasteiger partial charge in [0.1, 0.15) is 12.4 Å². The van der Waals surface area contributed by atoms with Crippen LogP contribution in [0.3, 0.4) is 0 Å². The molecule has 3 N–H and O–H groups in total. The van der Waals surface area contributed by atoms with E-state index in [2.05, 4.69) is 15.0 Å². The second-order valence-electron chi connectivity index (χ2n) is 6.99. The zero-order valence-corrected chi connectivity index (χ0v) is 15.9. The number of methoxy groups -OCH3 is 1. The molecular formula is C21H21FN4O3. The Balaban J connectivity index is 1.64. The molecule has 2 aromatic heterocycles. The van der Waals surface area contributed by atoms with Crippen molar-refractivity contribution < 1.29 is 18.7 Å². The molecule has 29 heavy (non-hydrogen) atoms. The number of hydrogen-bond donors (Lipinski definition) is 2. The molecule has 4 rings (SSSR count). The Morgan fingerprint density at radius 1 is 1.31 bits per heavy atom. The molecule has 1 aromatic carbocycles. The van der Waals surface area contributed by atoms with Gasteiger partial charge < -0.3 is 20.2 Å². The van der Waals surface area contributed by atoms with Crippen LogP contribution in [0.25, 0.3) is 11.3 Å². The molecule has 0 radical (unpaired) electrons. The summed E-state index contributed by atoms with van der Waals surface area (Å²) in [7, 11) is 1.32. The standard InChI is InChI=1S/C21H21FN4O3/c1-28-21(27)13-7-14(24-8-13)11-29-20-15(12-3-2-4-12)5-6-16(19(20)22)17-9-26-18(23)10-25-17/h5-10,12,24H,2-4,11H2,1H3,(H2,23,26). The Bertz CT molecular complexity index is 1030. The molecule has 0 atom stereocenters. The molecule has 2 heterocycles. The number of ether oxygens (including phenoxy) is 2. The van der Waals surface area contributed by atoms with E-state index in [-0.39, 0.29) is 24.1 Å². The minimum atomic E-state index is -0.479. The number of halogens is 1. The number of aromatic nitrogens is 3. The van der Waals surface area contributed by atoms with Crippen LogP contribution in [0.4, 0.5) is 10.2 Å². The van der Waals surface area contributed by atoms with E-state index in [1.165, 1.54) is 25.7 Å². The summed E-state index contributed by atoms with van der Waals surface area (Å²) < 4.78 is 26.0. The lowest BCUT2D eigenvalue weighted by atomic mass is 9.79. The van der Waals surface area contributed by atoms with Gasteiger partial charge in [-0.15, -0.1) is 0 Å². The number of nitrogens with one attached hydrogen (secondary N) is 1. The van der Waals surface area contributed by atoms with Gasteiger partial charge in [-0.1, -0.05) is 12.5 Å². The third kappa shape index (κ3) is 3.78. The first-order valence-electron chi connectivity index (χ1n) is 9.35. The molecule has 150 valence electrons. The first-order chi connectivity index (χ1) is 14.1. The van der Waals surface area contributed by atoms with Crippen molar-refractivity contribution in [3.63, 3.8) is 0 Å². The van der Waals surface area contributed by atoms with Crippen LogP contribution < -0.4 is 10.5 Å². The Hall–Kier alpha value is -3.42. The summed E-state index contributed by atoms with van der Waals surface area (Å²) in [5, 5.41) is 0. The van der Waals surface area contributed by atoms with E-state index in [0.29, 0.717) is 22.5 Å². The van der Waals surface area contributed by atoms with Gasteiger partial charge in [0.15, 0.2) is 11.6 Å². The fourth-order valence-corrected chi connectivity index (χ4v) is 3.34. The van der Waals surface area contributed by atoms with E-state index >= 15 is 4.39 Å². The zero-order chi connectivity index (χ0) is 20.4. The Labute approximate surface area is 167 Å². The summed E-state index contributed by atoms with van der Waals surface area (Å²) in [6.07, 6.45) is 7.50. The second kappa shape index (κ2) is 7.90. The maximum absolute atomic E-state index is 15.4. The fourth-order valence-electron chi connectivity index (χ4n) is 3.34. The molecule has 0 saturated heterocycles. The maximum Gasteiger partial charge on any atom is 0.339 e. The number of rotatable bonds is 6. The number of benzene rings is 1. The molecule has 1 fully saturated rings. The maximum atomic E-state index is 15.4. The molecule has 1 aliphatic rings. The van der Waals surface area contributed by atoms with E-state index in [1.807, 2.05) is 6.07 Å². The second-order valence-corrected chi connectivity index (χ2v) is 6.99. The van der Waals surface area contributed by atoms with Crippen molar-refractivity contribution in [1.82, 2.24) is 15.0 Å². The van der Waals surface area contributed by atoms with E-state index < -0.39 is 11.8 Å². The van der Waals surface area contributed by atoms with E-state index in [4.69, 9.17) is 15.2 Å². The van der Waals surface area contributed by atoms with Crippen LogP contribution in [0.15, 0.2) is 36.8 Å². The first-order valence-corrected chi connectivity index (χ1v) is 9.35. The predicted octanol–water partition coefficient (Wildman–Crippen LogP) is 3.83. The molecule has 0 spiro atoms. The highest BCUT2D eigenvalue weighted by molar-refractivity contribution is 5.89. The molecule has 0 bridgehead atoms. The van der Waals surface area contributed by atoms with Gasteiger partial charge in [0.25, 0.3) is 0 Å². The van der Waals surface area contributed by atoms with Crippen molar-refractivity contribution in [3.8, 4) is 17.0 Å². The highest BCUT2D eigenvalue weighted by Crippen LogP contribution is 2.44.